The largest absolute Gasteiger partial charge is 0.299 e. The normalized spacial score (nSPS) is 15.8. The molecule has 0 amide bonds. The molecule has 4 heteroatoms. The second-order valence-electron chi connectivity index (χ2n) is 5.04. The number of carbonyl (C=O) groups excluding carboxylic acids is 1. The first-order valence-corrected chi connectivity index (χ1v) is 6.98. The average Bonchev–Trinajstić information content (AvgIpc) is 2.27. The van der Waals surface area contributed by atoms with E-state index in [0.29, 0.717) is 22.2 Å². The van der Waals surface area contributed by atoms with E-state index in [9.17, 15) is 4.79 Å². The molecular weight excluding hydrogens is 269 g/mol. The van der Waals surface area contributed by atoms with Crippen molar-refractivity contribution in [3.05, 3.63) is 33.8 Å². The van der Waals surface area contributed by atoms with Gasteiger partial charge in [-0.05, 0) is 44.0 Å². The summed E-state index contributed by atoms with van der Waals surface area (Å²) in [7, 11) is 1.98. The average molecular weight is 286 g/mol. The van der Waals surface area contributed by atoms with Gasteiger partial charge in [0.25, 0.3) is 0 Å². The van der Waals surface area contributed by atoms with Crippen LogP contribution in [0.25, 0.3) is 0 Å². The summed E-state index contributed by atoms with van der Waals surface area (Å²) in [6, 6.07) is 5.01. The minimum Gasteiger partial charge on any atom is -0.299 e. The Kier molecular flexibility index (Phi) is 4.66. The number of hydrogen-bond acceptors (Lipinski definition) is 2. The van der Waals surface area contributed by atoms with Gasteiger partial charge in [0.2, 0.25) is 0 Å². The molecule has 0 bridgehead atoms. The van der Waals surface area contributed by atoms with Gasteiger partial charge in [-0.1, -0.05) is 29.6 Å². The molecule has 0 radical (unpaired) electrons. The zero-order chi connectivity index (χ0) is 13.1. The van der Waals surface area contributed by atoms with E-state index in [4.69, 9.17) is 23.2 Å². The third-order valence-corrected chi connectivity index (χ3v) is 4.00. The second-order valence-corrected chi connectivity index (χ2v) is 5.88. The van der Waals surface area contributed by atoms with Gasteiger partial charge in [-0.15, -0.1) is 0 Å². The topological polar surface area (TPSA) is 20.3 Å². The van der Waals surface area contributed by atoms with Crippen molar-refractivity contribution in [2.45, 2.75) is 19.3 Å². The monoisotopic (exact) mass is 285 g/mol. The summed E-state index contributed by atoms with van der Waals surface area (Å²) >= 11 is 11.9. The molecule has 0 atom stereocenters. The molecule has 0 aromatic heterocycles. The summed E-state index contributed by atoms with van der Waals surface area (Å²) in [4.78, 5) is 14.2. The van der Waals surface area contributed by atoms with Gasteiger partial charge < -0.3 is 0 Å². The zero-order valence-electron chi connectivity index (χ0n) is 10.5. The van der Waals surface area contributed by atoms with E-state index in [2.05, 4.69) is 4.90 Å². The van der Waals surface area contributed by atoms with Crippen LogP contribution in [0, 0.1) is 5.92 Å². The van der Waals surface area contributed by atoms with E-state index < -0.39 is 0 Å². The van der Waals surface area contributed by atoms with Crippen molar-refractivity contribution >= 4 is 29.0 Å². The molecule has 1 aromatic carbocycles. The summed E-state index contributed by atoms with van der Waals surface area (Å²) < 4.78 is 0. The first-order valence-electron chi connectivity index (χ1n) is 6.23. The van der Waals surface area contributed by atoms with Crippen LogP contribution in [-0.4, -0.2) is 30.8 Å². The van der Waals surface area contributed by atoms with Crippen LogP contribution >= 0.6 is 23.2 Å². The van der Waals surface area contributed by atoms with Crippen LogP contribution in [0.1, 0.15) is 29.6 Å². The molecule has 18 heavy (non-hydrogen) atoms. The Labute approximate surface area is 118 Å². The number of hydrogen-bond donors (Lipinski definition) is 0. The van der Waals surface area contributed by atoms with E-state index in [1.54, 1.807) is 18.2 Å². The summed E-state index contributed by atoms with van der Waals surface area (Å²) in [5.74, 6) is 0.793. The van der Waals surface area contributed by atoms with Gasteiger partial charge in [0.05, 0.1) is 11.6 Å². The third-order valence-electron chi connectivity index (χ3n) is 3.44. The second kappa shape index (κ2) is 6.05. The van der Waals surface area contributed by atoms with Gasteiger partial charge in [-0.2, -0.15) is 0 Å². The van der Waals surface area contributed by atoms with Crippen molar-refractivity contribution in [1.29, 1.82) is 0 Å². The van der Waals surface area contributed by atoms with E-state index in [1.807, 2.05) is 7.05 Å². The molecule has 0 N–H and O–H groups in total. The Morgan fingerprint density at radius 3 is 2.72 bits per heavy atom. The van der Waals surface area contributed by atoms with Crippen molar-refractivity contribution in [3.63, 3.8) is 0 Å². The fourth-order valence-corrected chi connectivity index (χ4v) is 2.62. The predicted molar refractivity (Wildman–Crippen MR) is 75.6 cm³/mol. The Morgan fingerprint density at radius 2 is 2.11 bits per heavy atom. The summed E-state index contributed by atoms with van der Waals surface area (Å²) in [5, 5.41) is 1.02. The fraction of sp³-hybridized carbons (Fsp3) is 0.500. The van der Waals surface area contributed by atoms with Gasteiger partial charge in [0.1, 0.15) is 0 Å². The van der Waals surface area contributed by atoms with E-state index in [1.165, 1.54) is 19.3 Å². The van der Waals surface area contributed by atoms with Crippen LogP contribution in [0.15, 0.2) is 18.2 Å². The summed E-state index contributed by atoms with van der Waals surface area (Å²) in [6.07, 6.45) is 3.90. The highest BCUT2D eigenvalue weighted by atomic mass is 35.5. The predicted octanol–water partition coefficient (Wildman–Crippen LogP) is 3.91. The number of nitrogens with zero attached hydrogens (tertiary/aromatic N) is 1. The molecule has 1 saturated carbocycles. The minimum atomic E-state index is 0.0318. The van der Waals surface area contributed by atoms with Crippen LogP contribution in [0.3, 0.4) is 0 Å². The third kappa shape index (κ3) is 3.47. The standard InChI is InChI=1S/C14H17Cl2NO/c1-17(8-10-3-2-4-10)9-14(18)12-7-11(15)5-6-13(12)16/h5-7,10H,2-4,8-9H2,1H3. The van der Waals surface area contributed by atoms with Crippen LogP contribution in [-0.2, 0) is 0 Å². The molecule has 1 aromatic rings. The summed E-state index contributed by atoms with van der Waals surface area (Å²) in [5.41, 5.74) is 0.518. The first-order chi connectivity index (χ1) is 8.56. The van der Waals surface area contributed by atoms with E-state index in [-0.39, 0.29) is 5.78 Å². The lowest BCUT2D eigenvalue weighted by atomic mass is 9.85. The Morgan fingerprint density at radius 1 is 1.39 bits per heavy atom. The zero-order valence-corrected chi connectivity index (χ0v) is 12.0. The van der Waals surface area contributed by atoms with Gasteiger partial charge >= 0.3 is 0 Å². The molecule has 0 unspecified atom stereocenters. The SMILES string of the molecule is CN(CC(=O)c1cc(Cl)ccc1Cl)CC1CCC1. The maximum atomic E-state index is 12.1. The van der Waals surface area contributed by atoms with E-state index in [0.717, 1.165) is 12.5 Å². The number of carbonyl (C=O) groups is 1. The molecule has 0 aliphatic heterocycles. The number of likely N-dealkylation sites (N-methyl/N-ethyl adjacent to an activating group) is 1. The Hall–Kier alpha value is -0.570. The molecular formula is C14H17Cl2NO. The number of rotatable bonds is 5. The Bertz CT molecular complexity index is 443. The van der Waals surface area contributed by atoms with Crippen molar-refractivity contribution in [2.24, 2.45) is 5.92 Å². The lowest BCUT2D eigenvalue weighted by Crippen LogP contribution is -2.33. The first kappa shape index (κ1) is 13.9. The van der Waals surface area contributed by atoms with Crippen LogP contribution in [0.5, 0.6) is 0 Å². The smallest absolute Gasteiger partial charge is 0.178 e. The van der Waals surface area contributed by atoms with Crippen LogP contribution in [0.2, 0.25) is 10.0 Å². The molecule has 98 valence electrons. The molecule has 0 spiro atoms. The van der Waals surface area contributed by atoms with Gasteiger partial charge in [-0.3, -0.25) is 9.69 Å². The number of Topliss-reactive ketones (excluding diaryl/α,β-unsaturated/α-hetero) is 1. The van der Waals surface area contributed by atoms with Crippen molar-refractivity contribution in [3.8, 4) is 0 Å². The number of ketones is 1. The van der Waals surface area contributed by atoms with Crippen LogP contribution < -0.4 is 0 Å². The lowest BCUT2D eigenvalue weighted by molar-refractivity contribution is 0.0925. The molecule has 2 nitrogen and oxygen atoms in total. The number of benzene rings is 1. The number of halogens is 2. The molecule has 0 heterocycles. The fourth-order valence-electron chi connectivity index (χ4n) is 2.22. The molecule has 2 rings (SSSR count). The highest BCUT2D eigenvalue weighted by molar-refractivity contribution is 6.36. The summed E-state index contributed by atoms with van der Waals surface area (Å²) in [6.45, 7) is 1.39. The van der Waals surface area contributed by atoms with Crippen molar-refractivity contribution in [1.82, 2.24) is 4.90 Å². The highest BCUT2D eigenvalue weighted by Crippen LogP contribution is 2.27. The molecule has 1 aliphatic carbocycles. The maximum Gasteiger partial charge on any atom is 0.178 e. The van der Waals surface area contributed by atoms with Crippen molar-refractivity contribution < 1.29 is 4.79 Å². The quantitative estimate of drug-likeness (QED) is 0.765. The molecule has 1 fully saturated rings. The molecule has 1 aliphatic rings. The minimum absolute atomic E-state index is 0.0318. The lowest BCUT2D eigenvalue weighted by Gasteiger charge is -2.29. The van der Waals surface area contributed by atoms with Gasteiger partial charge in [0.15, 0.2) is 5.78 Å². The van der Waals surface area contributed by atoms with Crippen molar-refractivity contribution in [2.75, 3.05) is 20.1 Å². The van der Waals surface area contributed by atoms with Crippen LogP contribution in [0.4, 0.5) is 0 Å². The maximum absolute atomic E-state index is 12.1. The highest BCUT2D eigenvalue weighted by Gasteiger charge is 2.21. The van der Waals surface area contributed by atoms with Gasteiger partial charge in [-0.25, -0.2) is 0 Å². The molecule has 0 saturated heterocycles. The van der Waals surface area contributed by atoms with Gasteiger partial charge in [0, 0.05) is 17.1 Å². The van der Waals surface area contributed by atoms with E-state index >= 15 is 0 Å². The Balaban J connectivity index is 1.95.